The van der Waals surface area contributed by atoms with Crippen LogP contribution >= 0.6 is 0 Å². The molecule has 4 aromatic rings. The highest BCUT2D eigenvalue weighted by atomic mass is 19.3. The normalized spacial score (nSPS) is 12.0. The quantitative estimate of drug-likeness (QED) is 0.157. The zero-order valence-corrected chi connectivity index (χ0v) is 20.0. The van der Waals surface area contributed by atoms with Crippen molar-refractivity contribution in [3.05, 3.63) is 118 Å². The third-order valence-corrected chi connectivity index (χ3v) is 5.52. The minimum Gasteiger partial charge on any atom is -0.429 e. The van der Waals surface area contributed by atoms with Crippen molar-refractivity contribution in [3.8, 4) is 22.6 Å². The van der Waals surface area contributed by atoms with Crippen molar-refractivity contribution in [1.82, 2.24) is 0 Å². The predicted molar refractivity (Wildman–Crippen MR) is 118 cm³/mol. The molecule has 0 heterocycles. The van der Waals surface area contributed by atoms with Crippen LogP contribution in [0.1, 0.15) is 16.7 Å². The molecule has 0 radical (unpaired) electrons. The molecule has 0 unspecified atom stereocenters. The van der Waals surface area contributed by atoms with Crippen LogP contribution in [0.25, 0.3) is 11.1 Å². The number of halogens is 12. The van der Waals surface area contributed by atoms with Gasteiger partial charge in [-0.25, -0.2) is 35.1 Å². The monoisotopic (exact) mass is 596 g/mol. The number of hydrogen-bond acceptors (Lipinski definition) is 2. The smallest absolute Gasteiger partial charge is 0.429 e. The van der Waals surface area contributed by atoms with E-state index in [4.69, 9.17) is 0 Å². The summed E-state index contributed by atoms with van der Waals surface area (Å²) in [7, 11) is 0. The average molecular weight is 596 g/mol. The van der Waals surface area contributed by atoms with E-state index < -0.39 is 86.9 Å². The highest BCUT2D eigenvalue weighted by molar-refractivity contribution is 5.65. The number of alkyl halides is 4. The van der Waals surface area contributed by atoms with Gasteiger partial charge >= 0.3 is 12.2 Å². The molecule has 14 heteroatoms. The third kappa shape index (κ3) is 5.91. The lowest BCUT2D eigenvalue weighted by Gasteiger charge is -2.22. The van der Waals surface area contributed by atoms with Crippen molar-refractivity contribution in [1.29, 1.82) is 0 Å². The summed E-state index contributed by atoms with van der Waals surface area (Å²) in [6, 6.07) is 3.74. The molecule has 0 fully saturated rings. The van der Waals surface area contributed by atoms with Crippen molar-refractivity contribution in [3.63, 3.8) is 0 Å². The highest BCUT2D eigenvalue weighted by Crippen LogP contribution is 2.41. The molecule has 2 nitrogen and oxygen atoms in total. The van der Waals surface area contributed by atoms with Gasteiger partial charge in [-0.05, 0) is 36.2 Å². The first-order chi connectivity index (χ1) is 19.0. The highest BCUT2D eigenvalue weighted by Gasteiger charge is 2.44. The van der Waals surface area contributed by atoms with Gasteiger partial charge < -0.3 is 9.47 Å². The van der Waals surface area contributed by atoms with Crippen molar-refractivity contribution < 1.29 is 62.2 Å². The molecule has 0 aliphatic carbocycles. The SMILES string of the molecule is Cc1ccc(-c2cc(F)c(C(F)(F)Oc3cc(F)c(C(F)(F)Oc4cc(F)c(F)c(F)c4)c(F)c3)c(F)c2)c(F)c1. The molecule has 216 valence electrons. The van der Waals surface area contributed by atoms with E-state index in [0.717, 1.165) is 12.1 Å². The molecular formula is C27H12F12O2. The lowest BCUT2D eigenvalue weighted by Crippen LogP contribution is -2.27. The molecule has 0 aliphatic rings. The number of aryl methyl sites for hydroxylation is 1. The maximum absolute atomic E-state index is 14.7. The van der Waals surface area contributed by atoms with Crippen LogP contribution in [0.3, 0.4) is 0 Å². The van der Waals surface area contributed by atoms with Crippen LogP contribution in [0.4, 0.5) is 52.7 Å². The van der Waals surface area contributed by atoms with Crippen molar-refractivity contribution in [2.45, 2.75) is 19.1 Å². The molecular weight excluding hydrogens is 584 g/mol. The van der Waals surface area contributed by atoms with Gasteiger partial charge in [0.1, 0.15) is 51.7 Å². The third-order valence-electron chi connectivity index (χ3n) is 5.52. The number of hydrogen-bond donors (Lipinski definition) is 0. The summed E-state index contributed by atoms with van der Waals surface area (Å²) in [5.41, 5.74) is -4.63. The Kier molecular flexibility index (Phi) is 7.63. The largest absolute Gasteiger partial charge is 0.432 e. The molecule has 0 amide bonds. The molecule has 0 saturated heterocycles. The Morgan fingerprint density at radius 1 is 0.488 bits per heavy atom. The summed E-state index contributed by atoms with van der Waals surface area (Å²) in [6.45, 7) is 1.52. The average Bonchev–Trinajstić information content (AvgIpc) is 2.80. The van der Waals surface area contributed by atoms with Gasteiger partial charge in [0.2, 0.25) is 0 Å². The van der Waals surface area contributed by atoms with E-state index >= 15 is 0 Å². The second kappa shape index (κ2) is 10.6. The first-order valence-electron chi connectivity index (χ1n) is 11.0. The fraction of sp³-hybridized carbons (Fsp3) is 0.111. The zero-order chi connectivity index (χ0) is 30.4. The predicted octanol–water partition coefficient (Wildman–Crippen LogP) is 9.03. The fourth-order valence-corrected chi connectivity index (χ4v) is 3.74. The van der Waals surface area contributed by atoms with Crippen LogP contribution in [0, 0.1) is 53.5 Å². The fourth-order valence-electron chi connectivity index (χ4n) is 3.74. The van der Waals surface area contributed by atoms with E-state index in [1.165, 1.54) is 13.0 Å². The van der Waals surface area contributed by atoms with Crippen LogP contribution in [0.15, 0.2) is 54.6 Å². The van der Waals surface area contributed by atoms with Gasteiger partial charge in [0.05, 0.1) is 0 Å². The Labute approximate surface area is 222 Å². The van der Waals surface area contributed by atoms with Crippen molar-refractivity contribution >= 4 is 0 Å². The maximum atomic E-state index is 14.7. The second-order valence-electron chi connectivity index (χ2n) is 8.50. The van der Waals surface area contributed by atoms with Gasteiger partial charge in [-0.2, -0.15) is 17.6 Å². The van der Waals surface area contributed by atoms with Gasteiger partial charge in [-0.1, -0.05) is 12.1 Å². The molecule has 0 atom stereocenters. The van der Waals surface area contributed by atoms with Crippen LogP contribution in [-0.4, -0.2) is 0 Å². The van der Waals surface area contributed by atoms with Crippen LogP contribution in [0.5, 0.6) is 11.5 Å². The molecule has 0 aliphatic heterocycles. The summed E-state index contributed by atoms with van der Waals surface area (Å²) in [5.74, 6) is -18.3. The Bertz CT molecular complexity index is 1580. The molecule has 0 spiro atoms. The van der Waals surface area contributed by atoms with E-state index in [0.29, 0.717) is 17.7 Å². The van der Waals surface area contributed by atoms with Gasteiger partial charge in [0.15, 0.2) is 17.5 Å². The summed E-state index contributed by atoms with van der Waals surface area (Å²) in [5, 5.41) is 0. The zero-order valence-electron chi connectivity index (χ0n) is 20.0. The van der Waals surface area contributed by atoms with Crippen molar-refractivity contribution in [2.75, 3.05) is 0 Å². The summed E-state index contributed by atoms with van der Waals surface area (Å²) in [6.07, 6.45) is -10.0. The van der Waals surface area contributed by atoms with Gasteiger partial charge in [0, 0.05) is 29.8 Å². The van der Waals surface area contributed by atoms with E-state index in [9.17, 15) is 52.7 Å². The van der Waals surface area contributed by atoms with Crippen LogP contribution in [-0.2, 0) is 12.2 Å². The Hall–Kier alpha value is -4.36. The van der Waals surface area contributed by atoms with Crippen molar-refractivity contribution in [2.24, 2.45) is 0 Å². The number of ether oxygens (including phenoxy) is 2. The van der Waals surface area contributed by atoms with Gasteiger partial charge in [0.25, 0.3) is 0 Å². The molecule has 0 saturated carbocycles. The first kappa shape index (κ1) is 29.6. The summed E-state index contributed by atoms with van der Waals surface area (Å²) >= 11 is 0. The Balaban J connectivity index is 1.64. The standard InChI is InChI=1S/C27H12F12O2/c1-11-2-3-15(16(28)4-11)12-5-17(29)23(18(30)6-12)26(36,37)40-13-7-19(31)24(20(32)8-13)27(38,39)41-14-9-21(33)25(35)22(34)10-14/h2-10H,1H3. The van der Waals surface area contributed by atoms with Gasteiger partial charge in [-0.3, -0.25) is 0 Å². The van der Waals surface area contributed by atoms with E-state index in [2.05, 4.69) is 9.47 Å². The second-order valence-corrected chi connectivity index (χ2v) is 8.50. The summed E-state index contributed by atoms with van der Waals surface area (Å²) < 4.78 is 178. The lowest BCUT2D eigenvalue weighted by molar-refractivity contribution is -0.191. The molecule has 0 aromatic heterocycles. The van der Waals surface area contributed by atoms with Crippen LogP contribution in [0.2, 0.25) is 0 Å². The minimum absolute atomic E-state index is 0.0538. The molecule has 0 N–H and O–H groups in total. The molecule has 4 aromatic carbocycles. The summed E-state index contributed by atoms with van der Waals surface area (Å²) in [4.78, 5) is 0. The molecule has 0 bridgehead atoms. The Morgan fingerprint density at radius 2 is 0.878 bits per heavy atom. The van der Waals surface area contributed by atoms with Crippen LogP contribution < -0.4 is 9.47 Å². The Morgan fingerprint density at radius 3 is 1.29 bits per heavy atom. The number of rotatable bonds is 7. The topological polar surface area (TPSA) is 18.5 Å². The number of benzene rings is 4. The van der Waals surface area contributed by atoms with E-state index in [1.807, 2.05) is 0 Å². The molecule has 4 rings (SSSR count). The maximum Gasteiger partial charge on any atom is 0.432 e. The van der Waals surface area contributed by atoms with Gasteiger partial charge in [-0.15, -0.1) is 0 Å². The molecule has 41 heavy (non-hydrogen) atoms. The minimum atomic E-state index is -5.04. The van der Waals surface area contributed by atoms with E-state index in [1.54, 1.807) is 0 Å². The lowest BCUT2D eigenvalue weighted by atomic mass is 10.0. The van der Waals surface area contributed by atoms with E-state index in [-0.39, 0.29) is 29.8 Å². The first-order valence-corrected chi connectivity index (χ1v) is 11.0.